The van der Waals surface area contributed by atoms with Gasteiger partial charge >= 0.3 is 0 Å². The summed E-state index contributed by atoms with van der Waals surface area (Å²) in [6.07, 6.45) is 10.0. The number of nitrogens with zero attached hydrogens (tertiary/aromatic N) is 5. The number of hydrogen-bond acceptors (Lipinski definition) is 6. The first-order valence-corrected chi connectivity index (χ1v) is 11.8. The fourth-order valence-corrected chi connectivity index (χ4v) is 5.21. The van der Waals surface area contributed by atoms with Crippen molar-refractivity contribution in [1.29, 1.82) is 0 Å². The summed E-state index contributed by atoms with van der Waals surface area (Å²) in [5.41, 5.74) is 17.9. The Labute approximate surface area is 197 Å². The lowest BCUT2D eigenvalue weighted by molar-refractivity contribution is 0.283. The van der Waals surface area contributed by atoms with Crippen LogP contribution in [-0.4, -0.2) is 31.0 Å². The normalized spacial score (nSPS) is 18.5. The van der Waals surface area contributed by atoms with Gasteiger partial charge in [0.1, 0.15) is 17.8 Å². The predicted molar refractivity (Wildman–Crippen MR) is 136 cm³/mol. The van der Waals surface area contributed by atoms with Crippen molar-refractivity contribution in [2.45, 2.75) is 31.7 Å². The van der Waals surface area contributed by atoms with Crippen molar-refractivity contribution >= 4 is 27.8 Å². The number of hydrogen-bond donors (Lipinski definition) is 2. The second-order valence-electron chi connectivity index (χ2n) is 9.14. The molecule has 0 spiro atoms. The lowest BCUT2D eigenvalue weighted by Crippen LogP contribution is -2.23. The van der Waals surface area contributed by atoms with Gasteiger partial charge in [-0.15, -0.1) is 0 Å². The maximum atomic E-state index is 6.39. The zero-order valence-corrected chi connectivity index (χ0v) is 18.9. The van der Waals surface area contributed by atoms with Crippen molar-refractivity contribution in [2.24, 2.45) is 11.7 Å². The molecule has 0 aliphatic heterocycles. The summed E-state index contributed by atoms with van der Waals surface area (Å²) < 4.78 is 2.30. The van der Waals surface area contributed by atoms with Crippen LogP contribution in [0.5, 0.6) is 0 Å². The van der Waals surface area contributed by atoms with E-state index in [4.69, 9.17) is 16.5 Å². The number of nitrogen functional groups attached to an aromatic ring is 1. The van der Waals surface area contributed by atoms with Crippen LogP contribution < -0.4 is 11.5 Å². The van der Waals surface area contributed by atoms with Gasteiger partial charge in [0.05, 0.1) is 22.3 Å². The molecule has 0 bridgehead atoms. The average molecular weight is 450 g/mol. The van der Waals surface area contributed by atoms with Crippen LogP contribution in [0.3, 0.4) is 0 Å². The summed E-state index contributed by atoms with van der Waals surface area (Å²) in [7, 11) is 0. The Hall–Kier alpha value is -3.84. The Bertz CT molecular complexity index is 1470. The average Bonchev–Trinajstić information content (AvgIpc) is 3.30. The molecule has 0 amide bonds. The topological polar surface area (TPSA) is 109 Å². The molecule has 7 nitrogen and oxygen atoms in total. The Kier molecular flexibility index (Phi) is 5.19. The maximum absolute atomic E-state index is 6.39. The Morgan fingerprint density at radius 1 is 0.912 bits per heavy atom. The summed E-state index contributed by atoms with van der Waals surface area (Å²) in [6.45, 7) is 0.768. The van der Waals surface area contributed by atoms with Crippen LogP contribution in [0, 0.1) is 5.92 Å². The van der Waals surface area contributed by atoms with Crippen molar-refractivity contribution in [2.75, 3.05) is 12.3 Å². The Balaban J connectivity index is 1.46. The van der Waals surface area contributed by atoms with Gasteiger partial charge in [0.25, 0.3) is 0 Å². The van der Waals surface area contributed by atoms with E-state index in [2.05, 4.69) is 50.0 Å². The first-order valence-electron chi connectivity index (χ1n) is 11.8. The minimum Gasteiger partial charge on any atom is -0.383 e. The predicted octanol–water partition coefficient (Wildman–Crippen LogP) is 4.98. The number of nitrogens with two attached hydrogens (primary N) is 2. The molecule has 1 aromatic carbocycles. The molecule has 5 aromatic rings. The molecular formula is C27H27N7. The second kappa shape index (κ2) is 8.50. The molecule has 4 aromatic heterocycles. The Morgan fingerprint density at radius 3 is 2.56 bits per heavy atom. The molecule has 1 aliphatic rings. The fraction of sp³-hybridized carbons (Fsp3) is 0.259. The third-order valence-corrected chi connectivity index (χ3v) is 7.11. The first-order chi connectivity index (χ1) is 16.7. The molecular weight excluding hydrogens is 422 g/mol. The minimum absolute atomic E-state index is 0.391. The molecule has 4 N–H and O–H groups in total. The van der Waals surface area contributed by atoms with Gasteiger partial charge in [-0.2, -0.15) is 0 Å². The lowest BCUT2D eigenvalue weighted by atomic mass is 9.86. The van der Waals surface area contributed by atoms with Gasteiger partial charge in [0.15, 0.2) is 0 Å². The summed E-state index contributed by atoms with van der Waals surface area (Å²) in [5, 5.41) is 1.99. The zero-order chi connectivity index (χ0) is 23.1. The van der Waals surface area contributed by atoms with Crippen molar-refractivity contribution in [1.82, 2.24) is 24.5 Å². The molecule has 6 rings (SSSR count). The summed E-state index contributed by atoms with van der Waals surface area (Å²) in [6, 6.07) is 16.7. The number of anilines is 1. The molecule has 0 radical (unpaired) electrons. The van der Waals surface area contributed by atoms with Crippen molar-refractivity contribution in [3.05, 3.63) is 67.3 Å². The molecule has 1 saturated carbocycles. The molecule has 34 heavy (non-hydrogen) atoms. The number of pyridine rings is 2. The van der Waals surface area contributed by atoms with E-state index in [-0.39, 0.29) is 0 Å². The van der Waals surface area contributed by atoms with Crippen molar-refractivity contribution in [3.63, 3.8) is 0 Å². The third kappa shape index (κ3) is 3.58. The summed E-state index contributed by atoms with van der Waals surface area (Å²) in [4.78, 5) is 18.3. The van der Waals surface area contributed by atoms with E-state index in [9.17, 15) is 0 Å². The molecule has 7 heteroatoms. The highest BCUT2D eigenvalue weighted by atomic mass is 15.1. The molecule has 4 heterocycles. The van der Waals surface area contributed by atoms with Gasteiger partial charge in [-0.1, -0.05) is 24.3 Å². The molecule has 0 saturated heterocycles. The summed E-state index contributed by atoms with van der Waals surface area (Å²) in [5.74, 6) is 1.13. The van der Waals surface area contributed by atoms with Gasteiger partial charge < -0.3 is 16.0 Å². The molecule has 1 fully saturated rings. The molecule has 0 unspecified atom stereocenters. The van der Waals surface area contributed by atoms with Gasteiger partial charge in [-0.25, -0.2) is 15.0 Å². The van der Waals surface area contributed by atoms with Crippen LogP contribution in [0.1, 0.15) is 31.7 Å². The van der Waals surface area contributed by atoms with Crippen molar-refractivity contribution < 1.29 is 0 Å². The number of rotatable bonds is 4. The van der Waals surface area contributed by atoms with E-state index in [0.29, 0.717) is 17.8 Å². The molecule has 1 aliphatic carbocycles. The number of fused-ring (bicyclic) bond motifs is 2. The second-order valence-corrected chi connectivity index (χ2v) is 9.14. The van der Waals surface area contributed by atoms with Crippen molar-refractivity contribution in [3.8, 4) is 22.5 Å². The summed E-state index contributed by atoms with van der Waals surface area (Å²) >= 11 is 0. The van der Waals surface area contributed by atoms with Crippen LogP contribution in [0.2, 0.25) is 0 Å². The maximum Gasteiger partial charge on any atom is 0.146 e. The van der Waals surface area contributed by atoms with E-state index < -0.39 is 0 Å². The van der Waals surface area contributed by atoms with Crippen LogP contribution in [0.4, 0.5) is 5.82 Å². The van der Waals surface area contributed by atoms with E-state index in [1.54, 1.807) is 12.5 Å². The van der Waals surface area contributed by atoms with Crippen LogP contribution in [0.15, 0.2) is 67.3 Å². The third-order valence-electron chi connectivity index (χ3n) is 7.11. The van der Waals surface area contributed by atoms with E-state index in [1.807, 2.05) is 24.3 Å². The highest BCUT2D eigenvalue weighted by Crippen LogP contribution is 2.39. The zero-order valence-electron chi connectivity index (χ0n) is 18.9. The Morgan fingerprint density at radius 2 is 1.76 bits per heavy atom. The number of aromatic nitrogens is 5. The van der Waals surface area contributed by atoms with Gasteiger partial charge in [0.2, 0.25) is 0 Å². The molecule has 170 valence electrons. The van der Waals surface area contributed by atoms with Crippen LogP contribution in [-0.2, 0) is 0 Å². The fourth-order valence-electron chi connectivity index (χ4n) is 5.21. The smallest absolute Gasteiger partial charge is 0.146 e. The van der Waals surface area contributed by atoms with E-state index in [0.717, 1.165) is 76.7 Å². The monoisotopic (exact) mass is 449 g/mol. The standard InChI is InChI=1S/C27H27N7/c28-14-17-4-9-20(10-5-17)34-15-21(25-26(29)31-16-32-27(25)34)19-7-6-18-8-11-23(33-24(18)13-19)22-3-1-2-12-30-22/h1-3,6-8,11-13,15-17,20H,4-5,9-10,14,28H2,(H2,29,31,32). The highest BCUT2D eigenvalue weighted by Gasteiger charge is 2.25. The quantitative estimate of drug-likeness (QED) is 0.400. The SMILES string of the molecule is NCC1CCC(n2cc(-c3ccc4ccc(-c5ccccn5)nc4c3)c3c(N)ncnc32)CC1. The minimum atomic E-state index is 0.391. The van der Waals surface area contributed by atoms with E-state index in [1.165, 1.54) is 0 Å². The van der Waals surface area contributed by atoms with E-state index >= 15 is 0 Å². The lowest BCUT2D eigenvalue weighted by Gasteiger charge is -2.29. The van der Waals surface area contributed by atoms with Gasteiger partial charge in [-0.05, 0) is 68.0 Å². The number of benzene rings is 1. The highest BCUT2D eigenvalue weighted by molar-refractivity contribution is 6.02. The molecule has 0 atom stereocenters. The largest absolute Gasteiger partial charge is 0.383 e. The van der Waals surface area contributed by atoms with Crippen LogP contribution >= 0.6 is 0 Å². The van der Waals surface area contributed by atoms with Gasteiger partial charge in [-0.3, -0.25) is 4.98 Å². The van der Waals surface area contributed by atoms with Crippen LogP contribution in [0.25, 0.3) is 44.5 Å². The van der Waals surface area contributed by atoms with Gasteiger partial charge in [0, 0.05) is 29.4 Å². The first kappa shape index (κ1) is 20.7.